The Hall–Kier alpha value is -1.58. The van der Waals surface area contributed by atoms with E-state index < -0.39 is 11.9 Å². The fourth-order valence-corrected chi connectivity index (χ4v) is 2.82. The molecule has 0 aliphatic heterocycles. The molecule has 0 N–H and O–H groups in total. The van der Waals surface area contributed by atoms with Crippen LogP contribution >= 0.6 is 0 Å². The van der Waals surface area contributed by atoms with E-state index in [9.17, 15) is 9.59 Å². The zero-order valence-corrected chi connectivity index (χ0v) is 17.5. The molecule has 0 saturated heterocycles. The predicted molar refractivity (Wildman–Crippen MR) is 112 cm³/mol. The van der Waals surface area contributed by atoms with Crippen LogP contribution in [0, 0.1) is 0 Å². The van der Waals surface area contributed by atoms with Crippen molar-refractivity contribution in [1.82, 2.24) is 0 Å². The normalized spacial score (nSPS) is 12.1. The molecule has 1 unspecified atom stereocenters. The van der Waals surface area contributed by atoms with Gasteiger partial charge in [0.05, 0.1) is 6.61 Å². The third-order valence-corrected chi connectivity index (χ3v) is 4.41. The van der Waals surface area contributed by atoms with Crippen molar-refractivity contribution < 1.29 is 19.1 Å². The first kappa shape index (κ1) is 25.4. The van der Waals surface area contributed by atoms with E-state index in [0.717, 1.165) is 25.0 Å². The molecule has 0 radical (unpaired) electrons. The Kier molecular flexibility index (Phi) is 18.1. The van der Waals surface area contributed by atoms with Crippen LogP contribution in [0.3, 0.4) is 0 Å². The van der Waals surface area contributed by atoms with Crippen LogP contribution in [-0.4, -0.2) is 24.6 Å². The van der Waals surface area contributed by atoms with Crippen LogP contribution in [0.25, 0.3) is 0 Å². The smallest absolute Gasteiger partial charge is 0.331 e. The van der Waals surface area contributed by atoms with E-state index in [1.54, 1.807) is 13.0 Å². The third kappa shape index (κ3) is 19.0. The molecule has 0 saturated carbocycles. The van der Waals surface area contributed by atoms with Crippen LogP contribution in [0.4, 0.5) is 0 Å². The fourth-order valence-electron chi connectivity index (χ4n) is 2.82. The molecule has 1 atom stereocenters. The van der Waals surface area contributed by atoms with Gasteiger partial charge in [-0.15, -0.1) is 6.58 Å². The summed E-state index contributed by atoms with van der Waals surface area (Å²) < 4.78 is 10.1. The minimum absolute atomic E-state index is 0.239. The van der Waals surface area contributed by atoms with Crippen LogP contribution in [0.2, 0.25) is 0 Å². The molecule has 4 heteroatoms. The molecule has 0 heterocycles. The lowest BCUT2D eigenvalue weighted by atomic mass is 10.1. The number of carbonyl (C=O) groups excluding carboxylic acids is 2. The lowest BCUT2D eigenvalue weighted by Crippen LogP contribution is -2.12. The Balaban J connectivity index is 3.44. The molecular weight excluding hydrogens is 340 g/mol. The highest BCUT2D eigenvalue weighted by molar-refractivity contribution is 5.91. The van der Waals surface area contributed by atoms with Crippen molar-refractivity contribution in [3.63, 3.8) is 0 Å². The van der Waals surface area contributed by atoms with E-state index in [0.29, 0.717) is 13.0 Å². The summed E-state index contributed by atoms with van der Waals surface area (Å²) in [6.45, 7) is 8.02. The van der Waals surface area contributed by atoms with Crippen molar-refractivity contribution in [2.24, 2.45) is 0 Å². The number of unbranched alkanes of at least 4 members (excludes halogenated alkanes) is 11. The minimum atomic E-state index is -0.535. The van der Waals surface area contributed by atoms with Crippen molar-refractivity contribution in [1.29, 1.82) is 0 Å². The average Bonchev–Trinajstić information content (AvgIpc) is 2.64. The highest BCUT2D eigenvalue weighted by Gasteiger charge is 2.05. The SMILES string of the molecule is C=CCC(C)OC(=O)/C=C/C(=O)OCCCCCCCCCCCCCC. The molecule has 27 heavy (non-hydrogen) atoms. The molecule has 0 aliphatic carbocycles. The van der Waals surface area contributed by atoms with Gasteiger partial charge in [0.15, 0.2) is 0 Å². The molecule has 4 nitrogen and oxygen atoms in total. The Bertz CT molecular complexity index is 415. The molecule has 0 rings (SSSR count). The standard InChI is InChI=1S/C23H40O4/c1-4-6-7-8-9-10-11-12-13-14-15-16-20-26-22(24)18-19-23(25)27-21(3)17-5-2/h5,18-19,21H,2,4,6-17,20H2,1,3H3/b19-18+. The summed E-state index contributed by atoms with van der Waals surface area (Å²) in [4.78, 5) is 23.0. The maximum atomic E-state index is 11.5. The van der Waals surface area contributed by atoms with Gasteiger partial charge in [-0.2, -0.15) is 0 Å². The summed E-state index contributed by atoms with van der Waals surface area (Å²) >= 11 is 0. The predicted octanol–water partition coefficient (Wildman–Crippen LogP) is 6.29. The molecule has 0 aromatic heterocycles. The van der Waals surface area contributed by atoms with Gasteiger partial charge in [-0.3, -0.25) is 0 Å². The summed E-state index contributed by atoms with van der Waals surface area (Å²) in [6.07, 6.45) is 19.5. The van der Waals surface area contributed by atoms with Crippen molar-refractivity contribution in [3.05, 3.63) is 24.8 Å². The fraction of sp³-hybridized carbons (Fsp3) is 0.739. The van der Waals surface area contributed by atoms with Gasteiger partial charge in [0, 0.05) is 18.6 Å². The van der Waals surface area contributed by atoms with Gasteiger partial charge in [0.25, 0.3) is 0 Å². The molecule has 0 aliphatic rings. The van der Waals surface area contributed by atoms with Crippen LogP contribution in [0.15, 0.2) is 24.8 Å². The first-order valence-corrected chi connectivity index (χ1v) is 10.8. The monoisotopic (exact) mass is 380 g/mol. The summed E-state index contributed by atoms with van der Waals surface area (Å²) in [5.41, 5.74) is 0. The lowest BCUT2D eigenvalue weighted by molar-refractivity contribution is -0.143. The number of rotatable bonds is 18. The van der Waals surface area contributed by atoms with Gasteiger partial charge >= 0.3 is 11.9 Å². The molecule has 156 valence electrons. The molecular formula is C23H40O4. The van der Waals surface area contributed by atoms with Crippen molar-refractivity contribution in [3.8, 4) is 0 Å². The van der Waals surface area contributed by atoms with E-state index in [4.69, 9.17) is 9.47 Å². The van der Waals surface area contributed by atoms with E-state index in [-0.39, 0.29) is 6.10 Å². The number of carbonyl (C=O) groups is 2. The van der Waals surface area contributed by atoms with Gasteiger partial charge in [-0.05, 0) is 13.3 Å². The number of hydrogen-bond acceptors (Lipinski definition) is 4. The third-order valence-electron chi connectivity index (χ3n) is 4.41. The van der Waals surface area contributed by atoms with E-state index in [2.05, 4.69) is 13.5 Å². The van der Waals surface area contributed by atoms with Crippen molar-refractivity contribution >= 4 is 11.9 Å². The van der Waals surface area contributed by atoms with E-state index >= 15 is 0 Å². The average molecular weight is 381 g/mol. The summed E-state index contributed by atoms with van der Waals surface area (Å²) in [5.74, 6) is -1.03. The van der Waals surface area contributed by atoms with Crippen LogP contribution in [0.5, 0.6) is 0 Å². The van der Waals surface area contributed by atoms with E-state index in [1.807, 2.05) is 0 Å². The minimum Gasteiger partial charge on any atom is -0.463 e. The van der Waals surface area contributed by atoms with Gasteiger partial charge in [-0.25, -0.2) is 9.59 Å². The molecule has 0 aromatic carbocycles. The van der Waals surface area contributed by atoms with Gasteiger partial charge in [0.2, 0.25) is 0 Å². The quantitative estimate of drug-likeness (QED) is 0.121. The van der Waals surface area contributed by atoms with Crippen molar-refractivity contribution in [2.45, 2.75) is 103 Å². The molecule has 0 amide bonds. The highest BCUT2D eigenvalue weighted by Crippen LogP contribution is 2.11. The number of ether oxygens (including phenoxy) is 2. The van der Waals surface area contributed by atoms with Crippen molar-refractivity contribution in [2.75, 3.05) is 6.61 Å². The Labute approximate surface area is 166 Å². The maximum absolute atomic E-state index is 11.5. The maximum Gasteiger partial charge on any atom is 0.331 e. The topological polar surface area (TPSA) is 52.6 Å². The summed E-state index contributed by atoms with van der Waals surface area (Å²) in [7, 11) is 0. The van der Waals surface area contributed by atoms with Gasteiger partial charge < -0.3 is 9.47 Å². The molecule has 0 spiro atoms. The molecule has 0 aromatic rings. The zero-order chi connectivity index (χ0) is 20.2. The zero-order valence-electron chi connectivity index (χ0n) is 17.5. The van der Waals surface area contributed by atoms with Crippen LogP contribution < -0.4 is 0 Å². The first-order valence-electron chi connectivity index (χ1n) is 10.8. The Morgan fingerprint density at radius 2 is 1.30 bits per heavy atom. The van der Waals surface area contributed by atoms with Crippen LogP contribution in [-0.2, 0) is 19.1 Å². The first-order chi connectivity index (χ1) is 13.1. The highest BCUT2D eigenvalue weighted by atomic mass is 16.5. The molecule has 0 fully saturated rings. The largest absolute Gasteiger partial charge is 0.463 e. The number of esters is 2. The summed E-state index contributed by atoms with van der Waals surface area (Å²) in [6, 6.07) is 0. The second kappa shape index (κ2) is 19.2. The van der Waals surface area contributed by atoms with E-state index in [1.165, 1.54) is 64.2 Å². The molecule has 0 bridgehead atoms. The van der Waals surface area contributed by atoms with Gasteiger partial charge in [0.1, 0.15) is 6.10 Å². The Morgan fingerprint density at radius 1 is 0.815 bits per heavy atom. The second-order valence-corrected chi connectivity index (χ2v) is 7.16. The lowest BCUT2D eigenvalue weighted by Gasteiger charge is -2.08. The summed E-state index contributed by atoms with van der Waals surface area (Å²) in [5, 5.41) is 0. The van der Waals surface area contributed by atoms with Gasteiger partial charge in [-0.1, -0.05) is 83.6 Å². The van der Waals surface area contributed by atoms with Crippen LogP contribution in [0.1, 0.15) is 97.3 Å². The second-order valence-electron chi connectivity index (χ2n) is 7.16. The Morgan fingerprint density at radius 3 is 1.81 bits per heavy atom. The number of hydrogen-bond donors (Lipinski definition) is 0.